The van der Waals surface area contributed by atoms with Crippen molar-refractivity contribution in [1.29, 1.82) is 0 Å². The molecule has 0 amide bonds. The molecule has 2 aliphatic rings. The molecule has 17 rings (SSSR count). The molecule has 0 atom stereocenters. The fraction of sp³-hybridized carbons (Fsp3) is 0.252. The number of aromatic nitrogens is 10. The Labute approximate surface area is 747 Å². The van der Waals surface area contributed by atoms with Crippen molar-refractivity contribution in [2.75, 3.05) is 13.7 Å². The highest BCUT2D eigenvalue weighted by atomic mass is 16.5. The van der Waals surface area contributed by atoms with Gasteiger partial charge in [-0.05, 0) is 233 Å². The summed E-state index contributed by atoms with van der Waals surface area (Å²) in [6.07, 6.45) is 32.0. The Morgan fingerprint density at radius 2 is 0.620 bits per heavy atom. The van der Waals surface area contributed by atoms with Crippen LogP contribution in [0.5, 0.6) is 34.5 Å². The molecule has 2 saturated carbocycles. The number of benzene rings is 10. The summed E-state index contributed by atoms with van der Waals surface area (Å²) in [6.45, 7) is 24.3. The van der Waals surface area contributed by atoms with Crippen molar-refractivity contribution in [2.24, 2.45) is 5.92 Å². The van der Waals surface area contributed by atoms with E-state index in [0.717, 1.165) is 76.1 Å². The zero-order valence-corrected chi connectivity index (χ0v) is 74.3. The number of phenolic OH excluding ortho intramolecular Hbond substituents is 5. The predicted octanol–water partition coefficient (Wildman–Crippen LogP) is 18.7. The first-order valence-corrected chi connectivity index (χ1v) is 42.7. The maximum absolute atomic E-state index is 13.4. The van der Waals surface area contributed by atoms with Gasteiger partial charge in [0.2, 0.25) is 0 Å². The molecule has 2 fully saturated rings. The number of phenols is 5. The molecule has 5 aromatic heterocycles. The minimum Gasteiger partial charge on any atom is -0.508 e. The number of terminal acetylenes is 5. The molecule has 0 saturated heterocycles. The van der Waals surface area contributed by atoms with Gasteiger partial charge in [0.25, 0.3) is 27.8 Å². The van der Waals surface area contributed by atoms with E-state index in [1.807, 2.05) is 161 Å². The van der Waals surface area contributed by atoms with Crippen LogP contribution in [0.3, 0.4) is 0 Å². The number of nitrogens with zero attached hydrogens (tertiary/aromatic N) is 10. The van der Waals surface area contributed by atoms with Gasteiger partial charge in [-0.25, -0.2) is 24.9 Å². The maximum Gasteiger partial charge on any atom is 0.266 e. The predicted molar refractivity (Wildman–Crippen MR) is 510 cm³/mol. The molecule has 0 unspecified atom stereocenters. The third kappa shape index (κ3) is 18.9. The SMILES string of the molecule is C#Cc1ccc(-n2c(C(C)C)nc3c(C)c(O)ccc3c2=O)cc1.C#Cc1ccc(-n2c(C(C)C)nc3c(C4CC4)c(O)ccc3c2=O)cc1.C#Cc1ccc(-n2c(C(C)C)nc3c(CC)c(O)ccc3c2=O)cc1.C#Cc1ccc(-n2c(C(C)C)nc3c(COC)c(O)ccc3c2=O)cc1.C#Cc1ccc(-n2c(C(C)C)nc3c(OCC4CC4)c(O)ccc3c2=O)cc1. The lowest BCUT2D eigenvalue weighted by atomic mass is 10.0. The van der Waals surface area contributed by atoms with Gasteiger partial charge < -0.3 is 35.0 Å². The Kier molecular flexibility index (Phi) is 27.5. The van der Waals surface area contributed by atoms with Crippen LogP contribution in [0.25, 0.3) is 83.0 Å². The lowest BCUT2D eigenvalue weighted by Gasteiger charge is -2.18. The van der Waals surface area contributed by atoms with E-state index in [1.54, 1.807) is 109 Å². The number of hydrogen-bond acceptors (Lipinski definition) is 17. The molecular formula is C107H100N10O12. The van der Waals surface area contributed by atoms with Crippen molar-refractivity contribution in [3.05, 3.63) is 313 Å². The first-order valence-electron chi connectivity index (χ1n) is 42.7. The number of aryl methyl sites for hydroxylation is 2. The Morgan fingerprint density at radius 3 is 0.930 bits per heavy atom. The lowest BCUT2D eigenvalue weighted by molar-refractivity contribution is 0.183. The number of hydrogen-bond donors (Lipinski definition) is 5. The summed E-state index contributed by atoms with van der Waals surface area (Å²) in [4.78, 5) is 89.9. The van der Waals surface area contributed by atoms with E-state index in [2.05, 4.69) is 34.6 Å². The molecule has 650 valence electrons. The molecule has 0 bridgehead atoms. The fourth-order valence-electron chi connectivity index (χ4n) is 15.3. The molecule has 22 heteroatoms. The monoisotopic (exact) mass is 1720 g/mol. The van der Waals surface area contributed by atoms with Crippen LogP contribution in [0.15, 0.2) is 206 Å². The maximum atomic E-state index is 13.4. The Balaban J connectivity index is 0.000000138. The van der Waals surface area contributed by atoms with Gasteiger partial charge in [0, 0.05) is 86.8 Å². The van der Waals surface area contributed by atoms with Gasteiger partial charge in [0.05, 0.1) is 90.6 Å². The Bertz CT molecular complexity index is 7400. The summed E-state index contributed by atoms with van der Waals surface area (Å²) >= 11 is 0. The largest absolute Gasteiger partial charge is 0.508 e. The van der Waals surface area contributed by atoms with Crippen LogP contribution in [-0.4, -0.2) is 87.0 Å². The third-order valence-corrected chi connectivity index (χ3v) is 22.5. The number of aromatic hydroxyl groups is 5. The van der Waals surface area contributed by atoms with Crippen molar-refractivity contribution in [3.8, 4) is 125 Å². The molecule has 5 N–H and O–H groups in total. The summed E-state index contributed by atoms with van der Waals surface area (Å²) < 4.78 is 19.1. The Hall–Kier alpha value is -15.5. The van der Waals surface area contributed by atoms with Crippen LogP contribution in [0.2, 0.25) is 0 Å². The third-order valence-electron chi connectivity index (χ3n) is 22.5. The van der Waals surface area contributed by atoms with Crippen molar-refractivity contribution >= 4 is 54.5 Å². The molecule has 5 heterocycles. The van der Waals surface area contributed by atoms with E-state index >= 15 is 0 Å². The normalized spacial score (nSPS) is 12.2. The first-order chi connectivity index (χ1) is 61.9. The van der Waals surface area contributed by atoms with E-state index < -0.39 is 0 Å². The Morgan fingerprint density at radius 1 is 0.349 bits per heavy atom. The topological polar surface area (TPSA) is 294 Å². The highest BCUT2D eigenvalue weighted by molar-refractivity contribution is 5.89. The van der Waals surface area contributed by atoms with E-state index in [-0.39, 0.29) is 92.7 Å². The van der Waals surface area contributed by atoms with E-state index in [4.69, 9.17) is 61.5 Å². The average molecular weight is 1720 g/mol. The van der Waals surface area contributed by atoms with Gasteiger partial charge >= 0.3 is 0 Å². The molecule has 22 nitrogen and oxygen atoms in total. The minimum atomic E-state index is -0.196. The quantitative estimate of drug-likeness (QED) is 0.0529. The zero-order valence-electron chi connectivity index (χ0n) is 74.3. The van der Waals surface area contributed by atoms with E-state index in [0.29, 0.717) is 142 Å². The lowest BCUT2D eigenvalue weighted by Crippen LogP contribution is -2.25. The molecule has 15 aromatic rings. The number of ether oxygens (including phenoxy) is 2. The molecule has 2 aliphatic carbocycles. The summed E-state index contributed by atoms with van der Waals surface area (Å²) in [5, 5.41) is 53.2. The molecule has 129 heavy (non-hydrogen) atoms. The molecule has 0 spiro atoms. The van der Waals surface area contributed by atoms with Gasteiger partial charge in [0.15, 0.2) is 11.5 Å². The van der Waals surface area contributed by atoms with Gasteiger partial charge in [-0.1, -0.05) is 106 Å². The van der Waals surface area contributed by atoms with E-state index in [1.165, 1.54) is 25.3 Å². The number of rotatable bonds is 17. The first kappa shape index (κ1) is 91.2. The molecule has 0 aliphatic heterocycles. The van der Waals surface area contributed by atoms with Crippen LogP contribution in [0, 0.1) is 74.6 Å². The van der Waals surface area contributed by atoms with Crippen LogP contribution >= 0.6 is 0 Å². The van der Waals surface area contributed by atoms with Crippen molar-refractivity contribution in [1.82, 2.24) is 47.8 Å². The number of fused-ring (bicyclic) bond motifs is 5. The average Bonchev–Trinajstić information content (AvgIpc) is 1.71. The minimum absolute atomic E-state index is 0.00264. The second kappa shape index (κ2) is 38.9. The standard InChI is InChI=1S/C23H22N2O3.C22H20N2O2.C21H20N2O3.C21H20N2O2.C20H18N2O2/c1-4-15-7-9-17(10-8-15)25-22(14(2)3)24-20-18(23(25)27)11-12-19(26)21(20)28-13-16-5-6-16;1-4-14-5-9-16(10-6-14)24-21(13(2)3)23-20-17(22(24)26)11-12-18(25)19(20)15-7-8-15;1-5-14-6-8-15(9-7-14)23-20(13(2)3)22-19-16(21(23)25)10-11-18(24)17(19)12-26-4;1-5-14-7-9-15(10-8-14)23-20(13(3)4)22-19-16(6-2)18(24)12-11-17(19)21(23)25;1-5-14-6-8-15(9-7-14)22-19(12(2)3)21-18-13(4)17(23)11-10-16(18)20(22)24/h1,7-12,14,16,26H,5-6,13H2,2-3H3;1,5-6,9-13,15,25H,7-8H2,2-3H3;1,6-11,13,24H,12H2,2-4H3;1,7-13,24H,6H2,2-4H3;1,6-12,23H,2-4H3. The van der Waals surface area contributed by atoms with E-state index in [9.17, 15) is 49.5 Å². The van der Waals surface area contributed by atoms with Gasteiger partial charge in [-0.3, -0.25) is 46.8 Å². The highest BCUT2D eigenvalue weighted by Crippen LogP contribution is 2.47. The van der Waals surface area contributed by atoms with Crippen LogP contribution in [0.1, 0.15) is 217 Å². The second-order valence-corrected chi connectivity index (χ2v) is 33.3. The van der Waals surface area contributed by atoms with Crippen LogP contribution in [-0.2, 0) is 17.8 Å². The summed E-state index contributed by atoms with van der Waals surface area (Å²) in [5.74, 6) is 17.9. The molecular weight excluding hydrogens is 1620 g/mol. The number of methoxy groups -OCH3 is 1. The van der Waals surface area contributed by atoms with Gasteiger partial charge in [-0.2, -0.15) is 0 Å². The summed E-state index contributed by atoms with van der Waals surface area (Å²) in [7, 11) is 1.54. The van der Waals surface area contributed by atoms with Crippen LogP contribution in [0.4, 0.5) is 0 Å². The van der Waals surface area contributed by atoms with Gasteiger partial charge in [-0.15, -0.1) is 32.1 Å². The second-order valence-electron chi connectivity index (χ2n) is 33.3. The zero-order chi connectivity index (χ0) is 92.7. The smallest absolute Gasteiger partial charge is 0.266 e. The van der Waals surface area contributed by atoms with Crippen molar-refractivity contribution in [3.63, 3.8) is 0 Å². The summed E-state index contributed by atoms with van der Waals surface area (Å²) in [5.41, 5.74) is 11.9. The van der Waals surface area contributed by atoms with Gasteiger partial charge in [0.1, 0.15) is 57.6 Å². The van der Waals surface area contributed by atoms with Crippen molar-refractivity contribution < 1.29 is 35.0 Å². The van der Waals surface area contributed by atoms with Crippen molar-refractivity contribution in [2.45, 2.75) is 157 Å². The molecule has 10 aromatic carbocycles. The van der Waals surface area contributed by atoms with Crippen LogP contribution < -0.4 is 32.5 Å². The fourth-order valence-corrected chi connectivity index (χ4v) is 15.3. The highest BCUT2D eigenvalue weighted by Gasteiger charge is 2.32. The summed E-state index contributed by atoms with van der Waals surface area (Å²) in [6, 6.07) is 52.1. The molecule has 0 radical (unpaired) electrons.